The molecule has 24 heavy (non-hydrogen) atoms. The monoisotopic (exact) mass is 327 g/mol. The summed E-state index contributed by atoms with van der Waals surface area (Å²) in [4.78, 5) is 14.6. The average Bonchev–Trinajstić information content (AvgIpc) is 2.58. The number of nitrogens with zero attached hydrogens (tertiary/aromatic N) is 1. The molecule has 0 radical (unpaired) electrons. The number of carbonyl (C=O) groups is 1. The first-order chi connectivity index (χ1) is 11.6. The molecule has 130 valence electrons. The lowest BCUT2D eigenvalue weighted by atomic mass is 9.83. The summed E-state index contributed by atoms with van der Waals surface area (Å²) in [5.74, 6) is 0.736. The number of fused-ring (bicyclic) bond motifs is 2. The van der Waals surface area contributed by atoms with Crippen LogP contribution in [-0.2, 0) is 11.3 Å². The van der Waals surface area contributed by atoms with Gasteiger partial charge in [-0.25, -0.2) is 4.79 Å². The SMILES string of the molecule is CC(C)CCC1=CC2CCCC(C1)N2C(=O)OCc1ccccc1. The van der Waals surface area contributed by atoms with E-state index in [4.69, 9.17) is 4.74 Å². The van der Waals surface area contributed by atoms with Crippen molar-refractivity contribution >= 4 is 6.09 Å². The topological polar surface area (TPSA) is 29.5 Å². The van der Waals surface area contributed by atoms with Gasteiger partial charge in [-0.1, -0.05) is 55.8 Å². The third-order valence-electron chi connectivity index (χ3n) is 5.17. The fraction of sp³-hybridized carbons (Fsp3) is 0.571. The number of carbonyl (C=O) groups excluding carboxylic acids is 1. The molecule has 1 saturated heterocycles. The Morgan fingerprint density at radius 2 is 2.04 bits per heavy atom. The van der Waals surface area contributed by atoms with E-state index in [-0.39, 0.29) is 12.1 Å². The number of rotatable bonds is 5. The van der Waals surface area contributed by atoms with E-state index in [0.29, 0.717) is 12.6 Å². The van der Waals surface area contributed by atoms with Crippen molar-refractivity contribution in [2.45, 2.75) is 71.1 Å². The Bertz CT molecular complexity index is 579. The second-order valence-corrected chi connectivity index (χ2v) is 7.56. The summed E-state index contributed by atoms with van der Waals surface area (Å²) in [5, 5.41) is 0. The minimum absolute atomic E-state index is 0.146. The highest BCUT2D eigenvalue weighted by Gasteiger charge is 2.37. The van der Waals surface area contributed by atoms with Crippen LogP contribution >= 0.6 is 0 Å². The fourth-order valence-electron chi connectivity index (χ4n) is 3.86. The highest BCUT2D eigenvalue weighted by atomic mass is 16.6. The zero-order chi connectivity index (χ0) is 16.9. The maximum Gasteiger partial charge on any atom is 0.410 e. The molecule has 0 spiro atoms. The quantitative estimate of drug-likeness (QED) is 0.686. The van der Waals surface area contributed by atoms with Crippen LogP contribution in [-0.4, -0.2) is 23.1 Å². The standard InChI is InChI=1S/C21H29NO2/c1-16(2)11-12-18-13-19-9-6-10-20(14-18)22(19)21(23)24-15-17-7-4-3-5-8-17/h3-5,7-8,13,16,19-20H,6,9-12,14-15H2,1-2H3. The van der Waals surface area contributed by atoms with Gasteiger partial charge in [-0.15, -0.1) is 0 Å². The summed E-state index contributed by atoms with van der Waals surface area (Å²) in [6.07, 6.45) is 9.05. The Hall–Kier alpha value is -1.77. The zero-order valence-electron chi connectivity index (χ0n) is 14.9. The van der Waals surface area contributed by atoms with Crippen molar-refractivity contribution in [1.29, 1.82) is 0 Å². The molecule has 2 aliphatic rings. The van der Waals surface area contributed by atoms with Crippen LogP contribution in [0.5, 0.6) is 0 Å². The van der Waals surface area contributed by atoms with Crippen LogP contribution in [0.15, 0.2) is 42.0 Å². The van der Waals surface area contributed by atoms with Gasteiger partial charge in [-0.2, -0.15) is 0 Å². The molecule has 3 rings (SSSR count). The Kier molecular flexibility index (Phi) is 5.60. The number of ether oxygens (including phenoxy) is 1. The summed E-state index contributed by atoms with van der Waals surface area (Å²) in [6, 6.07) is 10.5. The molecule has 2 heterocycles. The molecule has 1 fully saturated rings. The Labute approximate surface area is 145 Å². The van der Waals surface area contributed by atoms with Crippen molar-refractivity contribution in [2.75, 3.05) is 0 Å². The summed E-state index contributed by atoms with van der Waals surface area (Å²) < 4.78 is 5.60. The average molecular weight is 327 g/mol. The van der Waals surface area contributed by atoms with E-state index in [2.05, 4.69) is 19.9 Å². The lowest BCUT2D eigenvalue weighted by Crippen LogP contribution is -2.51. The lowest BCUT2D eigenvalue weighted by Gasteiger charge is -2.44. The van der Waals surface area contributed by atoms with Crippen molar-refractivity contribution in [1.82, 2.24) is 4.90 Å². The molecule has 0 N–H and O–H groups in total. The molecule has 2 aliphatic heterocycles. The first kappa shape index (κ1) is 17.1. The van der Waals surface area contributed by atoms with Crippen molar-refractivity contribution in [3.05, 3.63) is 47.5 Å². The Morgan fingerprint density at radius 1 is 1.25 bits per heavy atom. The summed E-state index contributed by atoms with van der Waals surface area (Å²) in [7, 11) is 0. The molecule has 0 aliphatic carbocycles. The molecule has 3 heteroatoms. The van der Waals surface area contributed by atoms with Crippen molar-refractivity contribution in [3.63, 3.8) is 0 Å². The van der Waals surface area contributed by atoms with E-state index in [1.807, 2.05) is 35.2 Å². The third-order valence-corrected chi connectivity index (χ3v) is 5.17. The van der Waals surface area contributed by atoms with Crippen molar-refractivity contribution < 1.29 is 9.53 Å². The second kappa shape index (κ2) is 7.87. The van der Waals surface area contributed by atoms with Crippen molar-refractivity contribution in [3.8, 4) is 0 Å². The maximum atomic E-state index is 12.6. The molecular weight excluding hydrogens is 298 g/mol. The van der Waals surface area contributed by atoms with Gasteiger partial charge in [0.05, 0.1) is 6.04 Å². The van der Waals surface area contributed by atoms with E-state index >= 15 is 0 Å². The number of benzene rings is 1. The van der Waals surface area contributed by atoms with Gasteiger partial charge in [0.25, 0.3) is 0 Å². The molecular formula is C21H29NO2. The summed E-state index contributed by atoms with van der Waals surface area (Å²) >= 11 is 0. The second-order valence-electron chi connectivity index (χ2n) is 7.56. The van der Waals surface area contributed by atoms with Crippen LogP contribution in [0.25, 0.3) is 0 Å². The first-order valence-corrected chi connectivity index (χ1v) is 9.32. The molecule has 1 amide bonds. The van der Waals surface area contributed by atoms with Crippen LogP contribution in [0.4, 0.5) is 4.79 Å². The van der Waals surface area contributed by atoms with Gasteiger partial charge in [-0.3, -0.25) is 4.90 Å². The zero-order valence-corrected chi connectivity index (χ0v) is 14.9. The third kappa shape index (κ3) is 4.19. The van der Waals surface area contributed by atoms with E-state index in [1.54, 1.807) is 5.57 Å². The molecule has 1 aromatic carbocycles. The molecule has 2 atom stereocenters. The maximum absolute atomic E-state index is 12.6. The Balaban J connectivity index is 1.62. The Morgan fingerprint density at radius 3 is 2.75 bits per heavy atom. The van der Waals surface area contributed by atoms with Gasteiger partial charge in [0, 0.05) is 6.04 Å². The van der Waals surface area contributed by atoms with Gasteiger partial charge >= 0.3 is 6.09 Å². The highest BCUT2D eigenvalue weighted by molar-refractivity contribution is 5.69. The first-order valence-electron chi connectivity index (χ1n) is 9.32. The lowest BCUT2D eigenvalue weighted by molar-refractivity contribution is 0.0478. The molecule has 0 aromatic heterocycles. The van der Waals surface area contributed by atoms with E-state index in [9.17, 15) is 4.79 Å². The molecule has 2 unspecified atom stereocenters. The number of hydrogen-bond acceptors (Lipinski definition) is 2. The van der Waals surface area contributed by atoms with Gasteiger partial charge in [0.1, 0.15) is 6.61 Å². The van der Waals surface area contributed by atoms with Gasteiger partial charge in [0.2, 0.25) is 0 Å². The predicted molar refractivity (Wildman–Crippen MR) is 96.7 cm³/mol. The van der Waals surface area contributed by atoms with E-state index in [1.165, 1.54) is 19.3 Å². The fourth-order valence-corrected chi connectivity index (χ4v) is 3.86. The minimum atomic E-state index is -0.146. The number of amides is 1. The van der Waals surface area contributed by atoms with Crippen LogP contribution in [0.2, 0.25) is 0 Å². The smallest absolute Gasteiger partial charge is 0.410 e. The molecule has 1 aromatic rings. The van der Waals surface area contributed by atoms with Crippen LogP contribution in [0.3, 0.4) is 0 Å². The largest absolute Gasteiger partial charge is 0.445 e. The summed E-state index contributed by atoms with van der Waals surface area (Å²) in [6.45, 7) is 4.91. The molecule has 0 saturated carbocycles. The minimum Gasteiger partial charge on any atom is -0.445 e. The number of piperidine rings is 1. The van der Waals surface area contributed by atoms with E-state index in [0.717, 1.165) is 30.7 Å². The van der Waals surface area contributed by atoms with Crippen LogP contribution in [0.1, 0.15) is 57.9 Å². The predicted octanol–water partition coefficient (Wildman–Crippen LogP) is 5.31. The molecule has 2 bridgehead atoms. The number of hydrogen-bond donors (Lipinski definition) is 0. The van der Waals surface area contributed by atoms with Crippen LogP contribution in [0, 0.1) is 5.92 Å². The van der Waals surface area contributed by atoms with Gasteiger partial charge < -0.3 is 4.74 Å². The van der Waals surface area contributed by atoms with E-state index < -0.39 is 0 Å². The van der Waals surface area contributed by atoms with Gasteiger partial charge in [0.15, 0.2) is 0 Å². The highest BCUT2D eigenvalue weighted by Crippen LogP contribution is 2.35. The normalized spacial score (nSPS) is 23.1. The summed E-state index contributed by atoms with van der Waals surface area (Å²) in [5.41, 5.74) is 2.59. The van der Waals surface area contributed by atoms with Crippen molar-refractivity contribution in [2.24, 2.45) is 5.92 Å². The van der Waals surface area contributed by atoms with Crippen LogP contribution < -0.4 is 0 Å². The molecule has 3 nitrogen and oxygen atoms in total. The van der Waals surface area contributed by atoms with Gasteiger partial charge in [-0.05, 0) is 50.0 Å².